The van der Waals surface area contributed by atoms with Gasteiger partial charge >= 0.3 is 0 Å². The molecule has 1 unspecified atom stereocenters. The zero-order chi connectivity index (χ0) is 14.4. The molecule has 1 atom stereocenters. The first-order valence-corrected chi connectivity index (χ1v) is 8.66. The normalized spacial score (nSPS) is 19.9. The van der Waals surface area contributed by atoms with Gasteiger partial charge in [-0.3, -0.25) is 0 Å². The van der Waals surface area contributed by atoms with Crippen LogP contribution in [-0.4, -0.2) is 34.1 Å². The smallest absolute Gasteiger partial charge is 0.238 e. The number of hydrogen-bond acceptors (Lipinski definition) is 4. The fourth-order valence-electron chi connectivity index (χ4n) is 2.45. The molecule has 1 saturated heterocycles. The number of nitrogens with one attached hydrogen (secondary N) is 2. The van der Waals surface area contributed by atoms with Gasteiger partial charge in [-0.25, -0.2) is 13.6 Å². The van der Waals surface area contributed by atoms with Crippen LogP contribution in [0.1, 0.15) is 24.8 Å². The number of piperidine rings is 1. The Kier molecular flexibility index (Phi) is 5.54. The second-order valence-electron chi connectivity index (χ2n) is 5.29. The maximum atomic E-state index is 11.1. The molecular weight excluding hydrogens is 274 g/mol. The van der Waals surface area contributed by atoms with E-state index >= 15 is 0 Å². The Balaban J connectivity index is 1.71. The lowest BCUT2D eigenvalue weighted by Gasteiger charge is -2.23. The van der Waals surface area contributed by atoms with Crippen LogP contribution >= 0.6 is 0 Å². The molecule has 4 N–H and O–H groups in total. The van der Waals surface area contributed by atoms with E-state index in [9.17, 15) is 8.42 Å². The Hall–Kier alpha value is -0.950. The summed E-state index contributed by atoms with van der Waals surface area (Å²) >= 11 is 0. The van der Waals surface area contributed by atoms with Gasteiger partial charge in [0.05, 0.1) is 4.90 Å². The summed E-state index contributed by atoms with van der Waals surface area (Å²) in [7, 11) is -3.58. The highest BCUT2D eigenvalue weighted by Gasteiger charge is 2.11. The highest BCUT2D eigenvalue weighted by atomic mass is 32.2. The molecule has 0 radical (unpaired) electrons. The first-order valence-electron chi connectivity index (χ1n) is 7.11. The largest absolute Gasteiger partial charge is 0.315 e. The van der Waals surface area contributed by atoms with E-state index in [0.29, 0.717) is 6.04 Å². The molecule has 0 aromatic heterocycles. The van der Waals surface area contributed by atoms with Crippen LogP contribution in [0, 0.1) is 0 Å². The average molecular weight is 297 g/mol. The minimum Gasteiger partial charge on any atom is -0.315 e. The maximum Gasteiger partial charge on any atom is 0.238 e. The lowest BCUT2D eigenvalue weighted by molar-refractivity contribution is 0.384. The molecule has 5 nitrogen and oxygen atoms in total. The van der Waals surface area contributed by atoms with E-state index in [1.165, 1.54) is 19.3 Å². The molecular formula is C14H23N3O2S. The summed E-state index contributed by atoms with van der Waals surface area (Å²) in [5.41, 5.74) is 1.11. The van der Waals surface area contributed by atoms with Crippen LogP contribution < -0.4 is 15.8 Å². The molecule has 0 spiro atoms. The standard InChI is InChI=1S/C14H23N3O2S/c15-20(18,19)14-6-4-12(5-7-14)8-10-16-11-13-3-1-2-9-17-13/h4-7,13,16-17H,1-3,8-11H2,(H2,15,18,19). The van der Waals surface area contributed by atoms with Gasteiger partial charge in [-0.05, 0) is 50.0 Å². The van der Waals surface area contributed by atoms with E-state index in [1.54, 1.807) is 12.1 Å². The quantitative estimate of drug-likeness (QED) is 0.672. The SMILES string of the molecule is NS(=O)(=O)c1ccc(CCNCC2CCCCN2)cc1. The molecule has 1 aromatic carbocycles. The number of primary sulfonamides is 1. The van der Waals surface area contributed by atoms with Gasteiger partial charge in [0, 0.05) is 12.6 Å². The molecule has 6 heteroatoms. The highest BCUT2D eigenvalue weighted by Crippen LogP contribution is 2.09. The predicted molar refractivity (Wildman–Crippen MR) is 80.0 cm³/mol. The van der Waals surface area contributed by atoms with E-state index in [0.717, 1.165) is 31.6 Å². The predicted octanol–water partition coefficient (Wildman–Crippen LogP) is 0.608. The Labute approximate surface area is 121 Å². The summed E-state index contributed by atoms with van der Waals surface area (Å²) in [4.78, 5) is 0.167. The van der Waals surface area contributed by atoms with Crippen LogP contribution in [-0.2, 0) is 16.4 Å². The third-order valence-electron chi connectivity index (χ3n) is 3.65. The Morgan fingerprint density at radius 3 is 2.60 bits per heavy atom. The minimum absolute atomic E-state index is 0.167. The molecule has 1 aromatic rings. The van der Waals surface area contributed by atoms with Crippen LogP contribution in [0.3, 0.4) is 0 Å². The molecule has 2 rings (SSSR count). The zero-order valence-electron chi connectivity index (χ0n) is 11.6. The van der Waals surface area contributed by atoms with Crippen molar-refractivity contribution in [2.45, 2.75) is 36.6 Å². The van der Waals surface area contributed by atoms with Crippen molar-refractivity contribution in [3.63, 3.8) is 0 Å². The molecule has 20 heavy (non-hydrogen) atoms. The van der Waals surface area contributed by atoms with Crippen LogP contribution in [0.4, 0.5) is 0 Å². The van der Waals surface area contributed by atoms with Crippen LogP contribution in [0.15, 0.2) is 29.2 Å². The van der Waals surface area contributed by atoms with Gasteiger partial charge in [0.1, 0.15) is 0 Å². The van der Waals surface area contributed by atoms with Crippen molar-refractivity contribution in [3.8, 4) is 0 Å². The first kappa shape index (κ1) is 15.4. The van der Waals surface area contributed by atoms with Crippen LogP contribution in [0.2, 0.25) is 0 Å². The fraction of sp³-hybridized carbons (Fsp3) is 0.571. The summed E-state index contributed by atoms with van der Waals surface area (Å²) in [6.07, 6.45) is 4.73. The highest BCUT2D eigenvalue weighted by molar-refractivity contribution is 7.89. The summed E-state index contributed by atoms with van der Waals surface area (Å²) in [5, 5.41) is 12.0. The van der Waals surface area contributed by atoms with E-state index in [4.69, 9.17) is 5.14 Å². The maximum absolute atomic E-state index is 11.1. The number of rotatable bonds is 6. The van der Waals surface area contributed by atoms with Crippen molar-refractivity contribution in [1.29, 1.82) is 0 Å². The monoisotopic (exact) mass is 297 g/mol. The van der Waals surface area contributed by atoms with Gasteiger partial charge in [0.2, 0.25) is 10.0 Å². The van der Waals surface area contributed by atoms with Gasteiger partial charge in [0.25, 0.3) is 0 Å². The molecule has 1 aliphatic rings. The Bertz CT molecular complexity index is 508. The summed E-state index contributed by atoms with van der Waals surface area (Å²) < 4.78 is 22.3. The molecule has 1 aliphatic heterocycles. The van der Waals surface area contributed by atoms with Crippen molar-refractivity contribution < 1.29 is 8.42 Å². The number of sulfonamides is 1. The topological polar surface area (TPSA) is 84.2 Å². The van der Waals surface area contributed by atoms with Gasteiger partial charge in [-0.15, -0.1) is 0 Å². The molecule has 0 saturated carbocycles. The van der Waals surface area contributed by atoms with Crippen molar-refractivity contribution >= 4 is 10.0 Å². The molecule has 0 bridgehead atoms. The second kappa shape index (κ2) is 7.17. The van der Waals surface area contributed by atoms with Crippen LogP contribution in [0.25, 0.3) is 0 Å². The zero-order valence-corrected chi connectivity index (χ0v) is 12.5. The van der Waals surface area contributed by atoms with Crippen molar-refractivity contribution in [1.82, 2.24) is 10.6 Å². The number of nitrogens with two attached hydrogens (primary N) is 1. The van der Waals surface area contributed by atoms with Crippen molar-refractivity contribution in [3.05, 3.63) is 29.8 Å². The van der Waals surface area contributed by atoms with E-state index in [2.05, 4.69) is 10.6 Å². The average Bonchev–Trinajstić information content (AvgIpc) is 2.44. The van der Waals surface area contributed by atoms with E-state index < -0.39 is 10.0 Å². The minimum atomic E-state index is -3.58. The van der Waals surface area contributed by atoms with Crippen LogP contribution in [0.5, 0.6) is 0 Å². The molecule has 0 aliphatic carbocycles. The van der Waals surface area contributed by atoms with Gasteiger partial charge in [-0.1, -0.05) is 18.6 Å². The van der Waals surface area contributed by atoms with Gasteiger partial charge in [0.15, 0.2) is 0 Å². The number of hydrogen-bond donors (Lipinski definition) is 3. The molecule has 0 amide bonds. The fourth-order valence-corrected chi connectivity index (χ4v) is 2.97. The van der Waals surface area contributed by atoms with Gasteiger partial charge < -0.3 is 10.6 Å². The molecule has 112 valence electrons. The Morgan fingerprint density at radius 2 is 2.00 bits per heavy atom. The van der Waals surface area contributed by atoms with E-state index in [1.807, 2.05) is 12.1 Å². The second-order valence-corrected chi connectivity index (χ2v) is 6.85. The van der Waals surface area contributed by atoms with Gasteiger partial charge in [-0.2, -0.15) is 0 Å². The van der Waals surface area contributed by atoms with Crippen molar-refractivity contribution in [2.24, 2.45) is 5.14 Å². The van der Waals surface area contributed by atoms with E-state index in [-0.39, 0.29) is 4.90 Å². The lowest BCUT2D eigenvalue weighted by atomic mass is 10.1. The third kappa shape index (κ3) is 4.86. The Morgan fingerprint density at radius 1 is 1.25 bits per heavy atom. The molecule has 1 heterocycles. The molecule has 1 fully saturated rings. The van der Waals surface area contributed by atoms with Crippen molar-refractivity contribution in [2.75, 3.05) is 19.6 Å². The lowest BCUT2D eigenvalue weighted by Crippen LogP contribution is -2.42. The first-order chi connectivity index (χ1) is 9.55. The summed E-state index contributed by atoms with van der Waals surface area (Å²) in [6.45, 7) is 3.02. The summed E-state index contributed by atoms with van der Waals surface area (Å²) in [5.74, 6) is 0. The third-order valence-corrected chi connectivity index (χ3v) is 4.57. The summed E-state index contributed by atoms with van der Waals surface area (Å²) in [6, 6.07) is 7.36. The number of benzene rings is 1.